The fraction of sp³-hybridized carbons (Fsp3) is 0.895. The third kappa shape index (κ3) is 25.5. The average molecular weight is 425 g/mol. The van der Waals surface area contributed by atoms with Gasteiger partial charge < -0.3 is 37.6 Å². The van der Waals surface area contributed by atoms with Crippen molar-refractivity contribution in [3.05, 3.63) is 12.8 Å². The normalized spacial score (nSPS) is 11.7. The first-order valence-electron chi connectivity index (χ1n) is 9.89. The highest BCUT2D eigenvalue weighted by atomic mass is 28.4. The molecule has 168 valence electrons. The number of ether oxygens (including phenoxy) is 7. The lowest BCUT2D eigenvalue weighted by Crippen LogP contribution is -2.27. The molecule has 0 aromatic heterocycles. The molecule has 0 heterocycles. The van der Waals surface area contributed by atoms with Gasteiger partial charge in [0.1, 0.15) is 6.61 Å². The van der Waals surface area contributed by atoms with Crippen LogP contribution in [0.5, 0.6) is 0 Å². The Bertz CT molecular complexity index is 326. The number of hydrogen-bond donors (Lipinski definition) is 0. The van der Waals surface area contributed by atoms with Gasteiger partial charge in [0, 0.05) is 0 Å². The van der Waals surface area contributed by atoms with E-state index in [9.17, 15) is 0 Å². The van der Waals surface area contributed by atoms with Gasteiger partial charge in [-0.25, -0.2) is 0 Å². The summed E-state index contributed by atoms with van der Waals surface area (Å²) in [6, 6.07) is 0. The van der Waals surface area contributed by atoms with Gasteiger partial charge in [-0.1, -0.05) is 6.58 Å². The second-order valence-electron chi connectivity index (χ2n) is 6.67. The van der Waals surface area contributed by atoms with Crippen molar-refractivity contribution in [1.29, 1.82) is 0 Å². The van der Waals surface area contributed by atoms with E-state index in [0.717, 1.165) is 0 Å². The molecule has 0 radical (unpaired) electrons. The van der Waals surface area contributed by atoms with E-state index in [2.05, 4.69) is 26.2 Å². The summed E-state index contributed by atoms with van der Waals surface area (Å²) in [6.45, 7) is 17.7. The smallest absolute Gasteiger partial charge is 0.183 e. The molecule has 0 atom stereocenters. The summed E-state index contributed by atoms with van der Waals surface area (Å²) in [7, 11) is -1.43. The second-order valence-corrected chi connectivity index (χ2v) is 11.2. The molecule has 0 rings (SSSR count). The third-order valence-corrected chi connectivity index (χ3v) is 4.16. The summed E-state index contributed by atoms with van der Waals surface area (Å²) >= 11 is 0. The zero-order valence-electron chi connectivity index (χ0n) is 17.9. The van der Waals surface area contributed by atoms with Gasteiger partial charge in [-0.15, -0.1) is 0 Å². The van der Waals surface area contributed by atoms with Crippen LogP contribution in [0.1, 0.15) is 0 Å². The molecule has 0 aromatic rings. The predicted octanol–water partition coefficient (Wildman–Crippen LogP) is 2.10. The Morgan fingerprint density at radius 1 is 0.500 bits per heavy atom. The minimum absolute atomic E-state index is 0.514. The van der Waals surface area contributed by atoms with E-state index in [0.29, 0.717) is 92.5 Å². The standard InChI is InChI=1S/C19H40O8Si/c1-5-20-6-7-21-8-9-22-10-11-23-12-13-24-14-15-25-16-17-26-18-19-27-28(2,3)4/h5H,1,6-19H2,2-4H3. The van der Waals surface area contributed by atoms with Crippen LogP contribution in [0.2, 0.25) is 19.6 Å². The van der Waals surface area contributed by atoms with Crippen molar-refractivity contribution in [2.24, 2.45) is 0 Å². The lowest BCUT2D eigenvalue weighted by molar-refractivity contribution is -0.0194. The fourth-order valence-corrected chi connectivity index (χ4v) is 2.49. The third-order valence-electron chi connectivity index (χ3n) is 3.09. The molecule has 28 heavy (non-hydrogen) atoms. The molecule has 0 fully saturated rings. The van der Waals surface area contributed by atoms with Crippen LogP contribution in [-0.4, -0.2) is 101 Å². The maximum Gasteiger partial charge on any atom is 0.183 e. The molecule has 0 spiro atoms. The van der Waals surface area contributed by atoms with Crippen molar-refractivity contribution in [3.63, 3.8) is 0 Å². The Kier molecular flexibility index (Phi) is 20.8. The molecule has 0 aliphatic carbocycles. The topological polar surface area (TPSA) is 73.8 Å². The lowest BCUT2D eigenvalue weighted by Gasteiger charge is -2.16. The van der Waals surface area contributed by atoms with Gasteiger partial charge in [0.05, 0.1) is 92.2 Å². The van der Waals surface area contributed by atoms with Crippen LogP contribution in [0.25, 0.3) is 0 Å². The molecule has 0 aromatic carbocycles. The Morgan fingerprint density at radius 3 is 1.07 bits per heavy atom. The molecule has 0 amide bonds. The van der Waals surface area contributed by atoms with Crippen LogP contribution in [0.4, 0.5) is 0 Å². The first kappa shape index (κ1) is 27.5. The number of hydrogen-bond acceptors (Lipinski definition) is 8. The molecule has 0 aliphatic heterocycles. The number of rotatable bonds is 23. The van der Waals surface area contributed by atoms with Crippen LogP contribution >= 0.6 is 0 Å². The first-order chi connectivity index (χ1) is 13.6. The van der Waals surface area contributed by atoms with Gasteiger partial charge >= 0.3 is 0 Å². The average Bonchev–Trinajstić information content (AvgIpc) is 2.65. The van der Waals surface area contributed by atoms with Crippen LogP contribution in [-0.2, 0) is 37.6 Å². The lowest BCUT2D eigenvalue weighted by atomic mass is 10.6. The van der Waals surface area contributed by atoms with Gasteiger partial charge in [-0.3, -0.25) is 0 Å². The zero-order chi connectivity index (χ0) is 20.8. The van der Waals surface area contributed by atoms with E-state index in [4.69, 9.17) is 37.6 Å². The van der Waals surface area contributed by atoms with Crippen molar-refractivity contribution in [2.75, 3.05) is 92.5 Å². The summed E-state index contributed by atoms with van der Waals surface area (Å²) in [5.74, 6) is 0. The minimum Gasteiger partial charge on any atom is -0.499 e. The molecule has 0 saturated carbocycles. The van der Waals surface area contributed by atoms with Crippen molar-refractivity contribution in [3.8, 4) is 0 Å². The molecule has 0 N–H and O–H groups in total. The summed E-state index contributed by atoms with van der Waals surface area (Å²) < 4.78 is 43.0. The van der Waals surface area contributed by atoms with Crippen molar-refractivity contribution >= 4 is 8.32 Å². The largest absolute Gasteiger partial charge is 0.499 e. The molecular weight excluding hydrogens is 384 g/mol. The molecule has 0 unspecified atom stereocenters. The summed E-state index contributed by atoms with van der Waals surface area (Å²) in [5.41, 5.74) is 0. The Hall–Kier alpha value is -0.523. The van der Waals surface area contributed by atoms with Crippen LogP contribution in [0.3, 0.4) is 0 Å². The van der Waals surface area contributed by atoms with Gasteiger partial charge in [0.25, 0.3) is 0 Å². The van der Waals surface area contributed by atoms with E-state index in [1.165, 1.54) is 6.26 Å². The predicted molar refractivity (Wildman–Crippen MR) is 110 cm³/mol. The van der Waals surface area contributed by atoms with E-state index in [1.54, 1.807) is 0 Å². The van der Waals surface area contributed by atoms with E-state index in [1.807, 2.05) is 0 Å². The zero-order valence-corrected chi connectivity index (χ0v) is 18.9. The van der Waals surface area contributed by atoms with Crippen molar-refractivity contribution in [1.82, 2.24) is 0 Å². The van der Waals surface area contributed by atoms with Crippen LogP contribution in [0, 0.1) is 0 Å². The van der Waals surface area contributed by atoms with Crippen molar-refractivity contribution in [2.45, 2.75) is 19.6 Å². The maximum absolute atomic E-state index is 5.69. The molecule has 9 heteroatoms. The highest BCUT2D eigenvalue weighted by molar-refractivity contribution is 6.69. The molecule has 0 aliphatic rings. The van der Waals surface area contributed by atoms with E-state index < -0.39 is 8.32 Å². The fourth-order valence-electron chi connectivity index (χ4n) is 1.80. The van der Waals surface area contributed by atoms with Crippen LogP contribution in [0.15, 0.2) is 12.8 Å². The van der Waals surface area contributed by atoms with Gasteiger partial charge in [-0.05, 0) is 19.6 Å². The molecule has 8 nitrogen and oxygen atoms in total. The monoisotopic (exact) mass is 424 g/mol. The molecular formula is C19H40O8Si. The second kappa shape index (κ2) is 21.2. The first-order valence-corrected chi connectivity index (χ1v) is 13.3. The van der Waals surface area contributed by atoms with Gasteiger partial charge in [0.15, 0.2) is 8.32 Å². The van der Waals surface area contributed by atoms with E-state index >= 15 is 0 Å². The molecule has 0 saturated heterocycles. The van der Waals surface area contributed by atoms with Crippen molar-refractivity contribution < 1.29 is 37.6 Å². The summed E-state index contributed by atoms with van der Waals surface area (Å²) in [4.78, 5) is 0. The quantitative estimate of drug-likeness (QED) is 0.140. The highest BCUT2D eigenvalue weighted by Crippen LogP contribution is 2.01. The maximum atomic E-state index is 5.69. The Labute approximate surface area is 171 Å². The SMILES string of the molecule is C=COCCOCCOCCOCCOCCOCCOCCO[Si](C)(C)C. The molecule has 0 bridgehead atoms. The minimum atomic E-state index is -1.43. The Balaban J connectivity index is 3.02. The van der Waals surface area contributed by atoms with Gasteiger partial charge in [0.2, 0.25) is 0 Å². The van der Waals surface area contributed by atoms with Gasteiger partial charge in [-0.2, -0.15) is 0 Å². The van der Waals surface area contributed by atoms with Crippen LogP contribution < -0.4 is 0 Å². The van der Waals surface area contributed by atoms with E-state index in [-0.39, 0.29) is 0 Å². The summed E-state index contributed by atoms with van der Waals surface area (Å²) in [6.07, 6.45) is 1.40. The summed E-state index contributed by atoms with van der Waals surface area (Å²) in [5, 5.41) is 0. The highest BCUT2D eigenvalue weighted by Gasteiger charge is 2.12. The Morgan fingerprint density at radius 2 is 0.786 bits per heavy atom.